The minimum absolute atomic E-state index is 0.141. The Bertz CT molecular complexity index is 337. The fourth-order valence-corrected chi connectivity index (χ4v) is 2.75. The van der Waals surface area contributed by atoms with E-state index in [-0.39, 0.29) is 5.91 Å². The third kappa shape index (κ3) is 2.41. The second kappa shape index (κ2) is 5.41. The number of carbonyl (C=O) groups excluding carboxylic acids is 1. The van der Waals surface area contributed by atoms with Gasteiger partial charge < -0.3 is 10.2 Å². The molecule has 0 bridgehead atoms. The van der Waals surface area contributed by atoms with Crippen LogP contribution < -0.4 is 5.32 Å². The number of thiazole rings is 1. The molecule has 0 aliphatic carbocycles. The summed E-state index contributed by atoms with van der Waals surface area (Å²) in [4.78, 5) is 18.9. The summed E-state index contributed by atoms with van der Waals surface area (Å²) in [5, 5.41) is 3.16. The maximum absolute atomic E-state index is 12.2. The van der Waals surface area contributed by atoms with Gasteiger partial charge in [-0.25, -0.2) is 0 Å². The minimum atomic E-state index is 0.141. The first-order valence-corrected chi connectivity index (χ1v) is 6.55. The molecule has 0 saturated carbocycles. The third-order valence-corrected chi connectivity index (χ3v) is 3.73. The van der Waals surface area contributed by atoms with Gasteiger partial charge in [0.15, 0.2) is 0 Å². The summed E-state index contributed by atoms with van der Waals surface area (Å²) in [5.41, 5.74) is 1.71. The highest BCUT2D eigenvalue weighted by atomic mass is 32.1. The van der Waals surface area contributed by atoms with Crippen LogP contribution in [0.15, 0.2) is 11.7 Å². The monoisotopic (exact) mass is 239 g/mol. The lowest BCUT2D eigenvalue weighted by atomic mass is 10.0. The lowest BCUT2D eigenvalue weighted by Gasteiger charge is -2.35. The molecule has 0 spiro atoms. The molecule has 2 rings (SSSR count). The summed E-state index contributed by atoms with van der Waals surface area (Å²) in [6, 6.07) is 0.341. The number of aromatic nitrogens is 1. The molecule has 4 nitrogen and oxygen atoms in total. The second-order valence-electron chi connectivity index (χ2n) is 4.07. The number of amides is 1. The number of rotatable bonds is 3. The van der Waals surface area contributed by atoms with E-state index in [1.165, 1.54) is 17.8 Å². The lowest BCUT2D eigenvalue weighted by molar-refractivity contribution is 0.0620. The third-order valence-electron chi connectivity index (χ3n) is 2.97. The van der Waals surface area contributed by atoms with E-state index in [2.05, 4.69) is 10.3 Å². The highest BCUT2D eigenvalue weighted by molar-refractivity contribution is 7.11. The smallest absolute Gasteiger partial charge is 0.265 e. The van der Waals surface area contributed by atoms with Crippen LogP contribution in [0.4, 0.5) is 0 Å². The van der Waals surface area contributed by atoms with Crippen LogP contribution in [0.3, 0.4) is 0 Å². The van der Waals surface area contributed by atoms with Crippen molar-refractivity contribution in [2.75, 3.05) is 20.1 Å². The molecule has 1 aliphatic heterocycles. The highest BCUT2D eigenvalue weighted by Crippen LogP contribution is 2.20. The van der Waals surface area contributed by atoms with Gasteiger partial charge in [-0.15, -0.1) is 11.3 Å². The molecular formula is C11H17N3OS. The Labute approximate surface area is 99.7 Å². The normalized spacial score (nSPS) is 21.1. The molecule has 1 N–H and O–H groups in total. The molecule has 16 heavy (non-hydrogen) atoms. The van der Waals surface area contributed by atoms with Gasteiger partial charge in [0, 0.05) is 19.1 Å². The van der Waals surface area contributed by atoms with E-state index in [1.807, 2.05) is 11.9 Å². The molecule has 1 fully saturated rings. The number of nitrogens with zero attached hydrogens (tertiary/aromatic N) is 2. The number of piperidine rings is 1. The Balaban J connectivity index is 2.08. The summed E-state index contributed by atoms with van der Waals surface area (Å²) in [6.45, 7) is 1.76. The number of hydrogen-bond acceptors (Lipinski definition) is 4. The first kappa shape index (κ1) is 11.5. The van der Waals surface area contributed by atoms with Gasteiger partial charge in [-0.1, -0.05) is 0 Å². The van der Waals surface area contributed by atoms with Crippen molar-refractivity contribution in [1.82, 2.24) is 15.2 Å². The Morgan fingerprint density at radius 3 is 3.25 bits per heavy atom. The molecule has 1 atom stereocenters. The lowest BCUT2D eigenvalue weighted by Crippen LogP contribution is -2.47. The zero-order valence-electron chi connectivity index (χ0n) is 9.48. The zero-order chi connectivity index (χ0) is 11.4. The molecule has 1 amide bonds. The molecule has 1 aromatic rings. The van der Waals surface area contributed by atoms with Crippen LogP contribution in [0.2, 0.25) is 0 Å². The van der Waals surface area contributed by atoms with Crippen LogP contribution in [-0.2, 0) is 0 Å². The zero-order valence-corrected chi connectivity index (χ0v) is 10.3. The van der Waals surface area contributed by atoms with Crippen molar-refractivity contribution >= 4 is 17.2 Å². The molecular weight excluding hydrogens is 222 g/mol. The quantitative estimate of drug-likeness (QED) is 0.866. The van der Waals surface area contributed by atoms with Crippen molar-refractivity contribution in [2.24, 2.45) is 0 Å². The summed E-state index contributed by atoms with van der Waals surface area (Å²) in [5.74, 6) is 0.141. The number of hydrogen-bond donors (Lipinski definition) is 1. The summed E-state index contributed by atoms with van der Waals surface area (Å²) in [7, 11) is 1.93. The van der Waals surface area contributed by atoms with Gasteiger partial charge in [-0.05, 0) is 26.3 Å². The molecule has 5 heteroatoms. The van der Waals surface area contributed by atoms with Crippen molar-refractivity contribution < 1.29 is 4.79 Å². The van der Waals surface area contributed by atoms with Crippen LogP contribution >= 0.6 is 11.3 Å². The number of nitrogens with one attached hydrogen (secondary N) is 1. The minimum Gasteiger partial charge on any atom is -0.334 e. The fourth-order valence-electron chi connectivity index (χ4n) is 2.18. The average molecular weight is 239 g/mol. The van der Waals surface area contributed by atoms with Gasteiger partial charge in [0.1, 0.15) is 4.88 Å². The Hall–Kier alpha value is -0.940. The predicted molar refractivity (Wildman–Crippen MR) is 64.7 cm³/mol. The standard InChI is InChI=1S/C11H17N3OS/c1-12-6-9-4-2-3-5-14(9)11(15)10-7-13-8-16-10/h7-9,12H,2-6H2,1H3. The van der Waals surface area contributed by atoms with Crippen LogP contribution in [0.1, 0.15) is 28.9 Å². The Kier molecular flexibility index (Phi) is 3.90. The SMILES string of the molecule is CNCC1CCCCN1C(=O)c1cncs1. The van der Waals surface area contributed by atoms with E-state index < -0.39 is 0 Å². The first-order valence-electron chi connectivity index (χ1n) is 5.67. The number of carbonyl (C=O) groups is 1. The van der Waals surface area contributed by atoms with E-state index in [0.717, 1.165) is 30.8 Å². The van der Waals surface area contributed by atoms with Gasteiger partial charge in [0.25, 0.3) is 5.91 Å². The molecule has 1 aromatic heterocycles. The van der Waals surface area contributed by atoms with Gasteiger partial charge in [-0.3, -0.25) is 9.78 Å². The highest BCUT2D eigenvalue weighted by Gasteiger charge is 2.27. The van der Waals surface area contributed by atoms with E-state index in [9.17, 15) is 4.79 Å². The van der Waals surface area contributed by atoms with Crippen molar-refractivity contribution in [3.8, 4) is 0 Å². The second-order valence-corrected chi connectivity index (χ2v) is 4.96. The van der Waals surface area contributed by atoms with E-state index in [4.69, 9.17) is 0 Å². The van der Waals surface area contributed by atoms with Gasteiger partial charge in [-0.2, -0.15) is 0 Å². The maximum Gasteiger partial charge on any atom is 0.265 e. The van der Waals surface area contributed by atoms with E-state index in [0.29, 0.717) is 6.04 Å². The molecule has 2 heterocycles. The van der Waals surface area contributed by atoms with Crippen LogP contribution in [-0.4, -0.2) is 42.0 Å². The molecule has 0 radical (unpaired) electrons. The average Bonchev–Trinajstić information content (AvgIpc) is 2.83. The molecule has 1 saturated heterocycles. The molecule has 1 unspecified atom stereocenters. The van der Waals surface area contributed by atoms with E-state index in [1.54, 1.807) is 11.7 Å². The van der Waals surface area contributed by atoms with Gasteiger partial charge in [0.05, 0.1) is 11.7 Å². The maximum atomic E-state index is 12.2. The van der Waals surface area contributed by atoms with Crippen LogP contribution in [0, 0.1) is 0 Å². The topological polar surface area (TPSA) is 45.2 Å². The summed E-state index contributed by atoms with van der Waals surface area (Å²) >= 11 is 1.42. The Morgan fingerprint density at radius 2 is 2.56 bits per heavy atom. The molecule has 88 valence electrons. The predicted octanol–water partition coefficient (Wildman–Crippen LogP) is 1.36. The van der Waals surface area contributed by atoms with Gasteiger partial charge >= 0.3 is 0 Å². The largest absolute Gasteiger partial charge is 0.334 e. The summed E-state index contributed by atoms with van der Waals surface area (Å²) < 4.78 is 0. The van der Waals surface area contributed by atoms with Crippen LogP contribution in [0.5, 0.6) is 0 Å². The van der Waals surface area contributed by atoms with Crippen molar-refractivity contribution in [3.63, 3.8) is 0 Å². The molecule has 0 aromatic carbocycles. The first-order chi connectivity index (χ1) is 7.83. The van der Waals surface area contributed by atoms with Crippen molar-refractivity contribution in [3.05, 3.63) is 16.6 Å². The molecule has 1 aliphatic rings. The number of likely N-dealkylation sites (N-methyl/N-ethyl adjacent to an activating group) is 1. The summed E-state index contributed by atoms with van der Waals surface area (Å²) in [6.07, 6.45) is 5.10. The fraction of sp³-hybridized carbons (Fsp3) is 0.636. The van der Waals surface area contributed by atoms with Crippen molar-refractivity contribution in [1.29, 1.82) is 0 Å². The van der Waals surface area contributed by atoms with Gasteiger partial charge in [0.2, 0.25) is 0 Å². The van der Waals surface area contributed by atoms with Crippen molar-refractivity contribution in [2.45, 2.75) is 25.3 Å². The number of likely N-dealkylation sites (tertiary alicyclic amines) is 1. The Morgan fingerprint density at radius 1 is 1.69 bits per heavy atom. The van der Waals surface area contributed by atoms with E-state index >= 15 is 0 Å². The van der Waals surface area contributed by atoms with Crippen LogP contribution in [0.25, 0.3) is 0 Å².